The molecule has 1 amide bonds. The molecule has 5 nitrogen and oxygen atoms in total. The first-order valence-electron chi connectivity index (χ1n) is 5.59. The summed E-state index contributed by atoms with van der Waals surface area (Å²) in [7, 11) is 0. The fraction of sp³-hybridized carbons (Fsp3) is 0.900. The van der Waals surface area contributed by atoms with E-state index in [-0.39, 0.29) is 12.5 Å². The fourth-order valence-corrected chi connectivity index (χ4v) is 2.37. The van der Waals surface area contributed by atoms with Gasteiger partial charge in [0.15, 0.2) is 0 Å². The zero-order valence-electron chi connectivity index (χ0n) is 9.39. The highest BCUT2D eigenvalue weighted by Gasteiger charge is 2.15. The van der Waals surface area contributed by atoms with Gasteiger partial charge in [0.25, 0.3) is 0 Å². The van der Waals surface area contributed by atoms with Gasteiger partial charge in [-0.3, -0.25) is 4.79 Å². The maximum Gasteiger partial charge on any atom is 0.223 e. The highest BCUT2D eigenvalue weighted by molar-refractivity contribution is 7.99. The molecule has 16 heavy (non-hydrogen) atoms. The zero-order valence-corrected chi connectivity index (χ0v) is 10.2. The molecule has 0 saturated carbocycles. The molecule has 1 unspecified atom stereocenters. The molecule has 94 valence electrons. The second-order valence-corrected chi connectivity index (χ2v) is 4.94. The number of nitrogens with one attached hydrogen (secondary N) is 1. The van der Waals surface area contributed by atoms with Crippen molar-refractivity contribution >= 4 is 17.7 Å². The molecular formula is C10H20N2O3S. The molecule has 0 aromatic heterocycles. The Hall–Kier alpha value is -0.300. The lowest BCUT2D eigenvalue weighted by molar-refractivity contribution is -0.131. The molecule has 1 fully saturated rings. The fourth-order valence-electron chi connectivity index (χ4n) is 1.50. The van der Waals surface area contributed by atoms with Crippen LogP contribution in [-0.2, 0) is 4.79 Å². The van der Waals surface area contributed by atoms with E-state index in [0.29, 0.717) is 17.9 Å². The molecule has 1 atom stereocenters. The third-order valence-electron chi connectivity index (χ3n) is 2.45. The molecule has 1 aliphatic rings. The monoisotopic (exact) mass is 248 g/mol. The van der Waals surface area contributed by atoms with E-state index < -0.39 is 6.10 Å². The first kappa shape index (κ1) is 13.8. The number of thioether (sulfide) groups is 1. The summed E-state index contributed by atoms with van der Waals surface area (Å²) >= 11 is 1.51. The summed E-state index contributed by atoms with van der Waals surface area (Å²) in [5, 5.41) is 20.9. The lowest BCUT2D eigenvalue weighted by Gasteiger charge is -2.27. The number of carbonyl (C=O) groups excluding carboxylic acids is 1. The molecular weight excluding hydrogens is 228 g/mol. The number of rotatable bonds is 6. The van der Waals surface area contributed by atoms with Gasteiger partial charge in [-0.25, -0.2) is 0 Å². The third kappa shape index (κ3) is 5.16. The van der Waals surface area contributed by atoms with E-state index in [1.807, 2.05) is 4.90 Å². The number of aliphatic hydroxyl groups is 2. The van der Waals surface area contributed by atoms with Crippen molar-refractivity contribution in [2.75, 3.05) is 44.3 Å². The lowest BCUT2D eigenvalue weighted by Crippen LogP contribution is -2.46. The standard InChI is InChI=1S/C10H20N2O3S/c13-7-9(14)8-16-6-1-10(15)12-4-2-11-3-5-12/h9,11,13-14H,1-8H2. The molecule has 0 radical (unpaired) electrons. The minimum atomic E-state index is -0.667. The Balaban J connectivity index is 2.05. The summed E-state index contributed by atoms with van der Waals surface area (Å²) in [5.41, 5.74) is 0. The summed E-state index contributed by atoms with van der Waals surface area (Å²) < 4.78 is 0. The molecule has 1 saturated heterocycles. The van der Waals surface area contributed by atoms with Crippen molar-refractivity contribution in [3.63, 3.8) is 0 Å². The maximum atomic E-state index is 11.7. The summed E-state index contributed by atoms with van der Waals surface area (Å²) in [6.07, 6.45) is -0.151. The van der Waals surface area contributed by atoms with Gasteiger partial charge in [-0.2, -0.15) is 11.8 Å². The molecule has 6 heteroatoms. The molecule has 0 spiro atoms. The number of amides is 1. The molecule has 1 heterocycles. The number of aliphatic hydroxyl groups excluding tert-OH is 2. The molecule has 1 rings (SSSR count). The van der Waals surface area contributed by atoms with Crippen molar-refractivity contribution in [1.82, 2.24) is 10.2 Å². The topological polar surface area (TPSA) is 72.8 Å². The number of hydrogen-bond acceptors (Lipinski definition) is 5. The van der Waals surface area contributed by atoms with Gasteiger partial charge in [0.05, 0.1) is 12.7 Å². The lowest BCUT2D eigenvalue weighted by atomic mass is 10.3. The second-order valence-electron chi connectivity index (χ2n) is 3.79. The Morgan fingerprint density at radius 2 is 2.12 bits per heavy atom. The molecule has 0 aromatic carbocycles. The van der Waals surface area contributed by atoms with Gasteiger partial charge in [0.1, 0.15) is 0 Å². The SMILES string of the molecule is O=C(CCSCC(O)CO)N1CCNCC1. The highest BCUT2D eigenvalue weighted by atomic mass is 32.2. The van der Waals surface area contributed by atoms with Crippen molar-refractivity contribution in [2.24, 2.45) is 0 Å². The second kappa shape index (κ2) is 7.89. The van der Waals surface area contributed by atoms with E-state index in [2.05, 4.69) is 5.32 Å². The number of hydrogen-bond donors (Lipinski definition) is 3. The van der Waals surface area contributed by atoms with Gasteiger partial charge in [-0.15, -0.1) is 0 Å². The normalized spacial score (nSPS) is 18.5. The van der Waals surface area contributed by atoms with Gasteiger partial charge in [-0.1, -0.05) is 0 Å². The van der Waals surface area contributed by atoms with Crippen LogP contribution in [0.15, 0.2) is 0 Å². The van der Waals surface area contributed by atoms with Crippen LogP contribution in [0.4, 0.5) is 0 Å². The first-order chi connectivity index (χ1) is 7.74. The molecule has 0 aliphatic carbocycles. The summed E-state index contributed by atoms with van der Waals surface area (Å²) in [4.78, 5) is 13.6. The smallest absolute Gasteiger partial charge is 0.223 e. The third-order valence-corrected chi connectivity index (χ3v) is 3.56. The average molecular weight is 248 g/mol. The van der Waals surface area contributed by atoms with Crippen LogP contribution in [0.2, 0.25) is 0 Å². The van der Waals surface area contributed by atoms with Gasteiger partial charge in [0.2, 0.25) is 5.91 Å². The Kier molecular flexibility index (Phi) is 6.79. The summed E-state index contributed by atoms with van der Waals surface area (Å²) in [6.45, 7) is 3.13. The van der Waals surface area contributed by atoms with Crippen molar-refractivity contribution in [2.45, 2.75) is 12.5 Å². The van der Waals surface area contributed by atoms with E-state index in [9.17, 15) is 4.79 Å². The van der Waals surface area contributed by atoms with Crippen LogP contribution in [0.25, 0.3) is 0 Å². The van der Waals surface area contributed by atoms with Gasteiger partial charge >= 0.3 is 0 Å². The minimum absolute atomic E-state index is 0.187. The van der Waals surface area contributed by atoms with Crippen LogP contribution in [-0.4, -0.2) is 71.4 Å². The highest BCUT2D eigenvalue weighted by Crippen LogP contribution is 2.07. The van der Waals surface area contributed by atoms with Crippen LogP contribution in [0.5, 0.6) is 0 Å². The van der Waals surface area contributed by atoms with Gasteiger partial charge in [0, 0.05) is 44.1 Å². The molecule has 0 aromatic rings. The van der Waals surface area contributed by atoms with Gasteiger partial charge < -0.3 is 20.4 Å². The van der Waals surface area contributed by atoms with E-state index in [1.165, 1.54) is 11.8 Å². The van der Waals surface area contributed by atoms with E-state index in [4.69, 9.17) is 10.2 Å². The van der Waals surface area contributed by atoms with E-state index >= 15 is 0 Å². The molecule has 1 aliphatic heterocycles. The van der Waals surface area contributed by atoms with Crippen LogP contribution in [0, 0.1) is 0 Å². The zero-order chi connectivity index (χ0) is 11.8. The van der Waals surface area contributed by atoms with Gasteiger partial charge in [-0.05, 0) is 0 Å². The Labute approximate surface area is 100 Å². The maximum absolute atomic E-state index is 11.7. The summed E-state index contributed by atoms with van der Waals surface area (Å²) in [5.74, 6) is 1.39. The van der Waals surface area contributed by atoms with Crippen LogP contribution in [0.3, 0.4) is 0 Å². The quantitative estimate of drug-likeness (QED) is 0.520. The Morgan fingerprint density at radius 1 is 1.44 bits per heavy atom. The first-order valence-corrected chi connectivity index (χ1v) is 6.74. The van der Waals surface area contributed by atoms with E-state index in [1.54, 1.807) is 0 Å². The Morgan fingerprint density at radius 3 is 2.75 bits per heavy atom. The Bertz CT molecular complexity index is 210. The minimum Gasteiger partial charge on any atom is -0.394 e. The largest absolute Gasteiger partial charge is 0.394 e. The number of piperazine rings is 1. The number of carbonyl (C=O) groups is 1. The van der Waals surface area contributed by atoms with E-state index in [0.717, 1.165) is 26.2 Å². The van der Waals surface area contributed by atoms with Crippen LogP contribution >= 0.6 is 11.8 Å². The molecule has 0 bridgehead atoms. The van der Waals surface area contributed by atoms with Crippen molar-refractivity contribution < 1.29 is 15.0 Å². The van der Waals surface area contributed by atoms with Crippen molar-refractivity contribution in [3.8, 4) is 0 Å². The average Bonchev–Trinajstić information content (AvgIpc) is 2.35. The predicted octanol–water partition coefficient (Wildman–Crippen LogP) is -1.11. The van der Waals surface area contributed by atoms with Crippen molar-refractivity contribution in [3.05, 3.63) is 0 Å². The van der Waals surface area contributed by atoms with Crippen LogP contribution < -0.4 is 5.32 Å². The molecule has 3 N–H and O–H groups in total. The predicted molar refractivity (Wildman–Crippen MR) is 64.5 cm³/mol. The van der Waals surface area contributed by atoms with Crippen LogP contribution in [0.1, 0.15) is 6.42 Å². The summed E-state index contributed by atoms with van der Waals surface area (Å²) in [6, 6.07) is 0. The van der Waals surface area contributed by atoms with Crippen molar-refractivity contribution in [1.29, 1.82) is 0 Å². The number of nitrogens with zero attached hydrogens (tertiary/aromatic N) is 1.